The Labute approximate surface area is 168 Å². The van der Waals surface area contributed by atoms with Crippen LogP contribution >= 0.6 is 0 Å². The zero-order valence-electron chi connectivity index (χ0n) is 16.1. The molecule has 158 valence electrons. The Morgan fingerprint density at radius 3 is 2.80 bits per heavy atom. The van der Waals surface area contributed by atoms with Crippen LogP contribution in [-0.4, -0.2) is 60.6 Å². The Bertz CT molecular complexity index is 1110. The van der Waals surface area contributed by atoms with Crippen molar-refractivity contribution >= 4 is 17.8 Å². The molecule has 0 bridgehead atoms. The molecule has 0 atom stereocenters. The number of carbonyl (C=O) groups excluding carboxylic acids is 1. The topological polar surface area (TPSA) is 171 Å². The molecule has 11 nitrogen and oxygen atoms in total. The first-order valence-electron chi connectivity index (χ1n) is 8.77. The predicted octanol–water partition coefficient (Wildman–Crippen LogP) is 1.54. The van der Waals surface area contributed by atoms with E-state index < -0.39 is 18.8 Å². The summed E-state index contributed by atoms with van der Waals surface area (Å²) in [5.41, 5.74) is 6.43. The third-order valence-electron chi connectivity index (χ3n) is 4.30. The first-order valence-corrected chi connectivity index (χ1v) is 8.77. The highest BCUT2D eigenvalue weighted by Crippen LogP contribution is 2.32. The Hall–Kier alpha value is -3.90. The molecule has 0 unspecified atom stereocenters. The van der Waals surface area contributed by atoms with Gasteiger partial charge in [0.05, 0.1) is 0 Å². The minimum Gasteiger partial charge on any atom is -0.504 e. The van der Waals surface area contributed by atoms with Gasteiger partial charge in [-0.05, 0) is 13.0 Å². The maximum absolute atomic E-state index is 12.6. The third kappa shape index (κ3) is 3.81. The molecule has 6 N–H and O–H groups in total. The van der Waals surface area contributed by atoms with Crippen molar-refractivity contribution in [2.24, 2.45) is 5.73 Å². The molecule has 13 heteroatoms. The number of amides is 1. The maximum Gasteiger partial charge on any atom is 0.267 e. The summed E-state index contributed by atoms with van der Waals surface area (Å²) >= 11 is 0. The second-order valence-electron chi connectivity index (χ2n) is 6.27. The van der Waals surface area contributed by atoms with Gasteiger partial charge >= 0.3 is 0 Å². The van der Waals surface area contributed by atoms with E-state index in [0.717, 1.165) is 6.21 Å². The summed E-state index contributed by atoms with van der Waals surface area (Å²) in [5, 5.41) is 31.6. The molecule has 1 amide bonds. The number of H-pyrrole nitrogens is 1. The summed E-state index contributed by atoms with van der Waals surface area (Å²) < 4.78 is 26.5. The van der Waals surface area contributed by atoms with E-state index in [9.17, 15) is 18.7 Å². The lowest BCUT2D eigenvalue weighted by Crippen LogP contribution is -2.15. The van der Waals surface area contributed by atoms with Crippen LogP contribution in [0.5, 0.6) is 5.75 Å². The summed E-state index contributed by atoms with van der Waals surface area (Å²) in [6, 6.07) is 1.40. The van der Waals surface area contributed by atoms with Gasteiger partial charge in [0.2, 0.25) is 12.2 Å². The molecule has 0 aliphatic heterocycles. The summed E-state index contributed by atoms with van der Waals surface area (Å²) in [6.45, 7) is 1.37. The van der Waals surface area contributed by atoms with E-state index in [1.165, 1.54) is 17.7 Å². The van der Waals surface area contributed by atoms with Gasteiger partial charge in [-0.15, -0.1) is 0 Å². The molecule has 0 aliphatic carbocycles. The van der Waals surface area contributed by atoms with E-state index in [2.05, 4.69) is 30.6 Å². The van der Waals surface area contributed by atoms with Crippen LogP contribution in [0.4, 0.5) is 14.5 Å². The molecule has 0 saturated carbocycles. The fourth-order valence-corrected chi connectivity index (χ4v) is 2.86. The van der Waals surface area contributed by atoms with E-state index in [1.54, 1.807) is 7.05 Å². The number of aryl methyl sites for hydroxylation is 2. The largest absolute Gasteiger partial charge is 0.504 e. The Morgan fingerprint density at radius 1 is 1.47 bits per heavy atom. The SMILES string of the molecule is CNc1cc(C(N)=O)nc(-c2nc(-c3c(O)c(C)nn3CCC(F)F)n[nH]2)c1C=N. The molecule has 30 heavy (non-hydrogen) atoms. The number of aromatic hydroxyl groups is 1. The Balaban J connectivity index is 2.11. The van der Waals surface area contributed by atoms with Crippen molar-refractivity contribution in [3.05, 3.63) is 23.0 Å². The molecule has 3 aromatic heterocycles. The number of carbonyl (C=O) groups is 1. The van der Waals surface area contributed by atoms with Crippen LogP contribution in [0.25, 0.3) is 23.0 Å². The summed E-state index contributed by atoms with van der Waals surface area (Å²) in [5.74, 6) is -0.938. The zero-order valence-corrected chi connectivity index (χ0v) is 16.1. The van der Waals surface area contributed by atoms with Gasteiger partial charge in [0.15, 0.2) is 11.6 Å². The van der Waals surface area contributed by atoms with Crippen molar-refractivity contribution in [3.63, 3.8) is 0 Å². The number of hydrogen-bond acceptors (Lipinski definition) is 8. The average Bonchev–Trinajstić information content (AvgIpc) is 3.29. The molecule has 0 saturated heterocycles. The van der Waals surface area contributed by atoms with Gasteiger partial charge in [0.25, 0.3) is 5.91 Å². The normalized spacial score (nSPS) is 11.1. The van der Waals surface area contributed by atoms with Gasteiger partial charge in [0, 0.05) is 37.5 Å². The van der Waals surface area contributed by atoms with E-state index >= 15 is 0 Å². The number of aromatic nitrogens is 6. The van der Waals surface area contributed by atoms with Crippen molar-refractivity contribution in [2.45, 2.75) is 26.3 Å². The summed E-state index contributed by atoms with van der Waals surface area (Å²) in [6.07, 6.45) is -1.98. The monoisotopic (exact) mass is 419 g/mol. The summed E-state index contributed by atoms with van der Waals surface area (Å²) in [4.78, 5) is 20.1. The number of hydrogen-bond donors (Lipinski definition) is 5. The fourth-order valence-electron chi connectivity index (χ4n) is 2.86. The number of nitrogens with one attached hydrogen (secondary N) is 3. The highest BCUT2D eigenvalue weighted by atomic mass is 19.3. The van der Waals surface area contributed by atoms with E-state index in [1.807, 2.05) is 0 Å². The number of primary amides is 1. The number of anilines is 1. The van der Waals surface area contributed by atoms with Crippen molar-refractivity contribution in [2.75, 3.05) is 12.4 Å². The Morgan fingerprint density at radius 2 is 2.20 bits per heavy atom. The molecule has 0 aromatic carbocycles. The van der Waals surface area contributed by atoms with Crippen LogP contribution in [0.15, 0.2) is 6.07 Å². The molecule has 0 fully saturated rings. The highest BCUT2D eigenvalue weighted by molar-refractivity contribution is 5.98. The van der Waals surface area contributed by atoms with E-state index in [-0.39, 0.29) is 46.7 Å². The lowest BCUT2D eigenvalue weighted by atomic mass is 10.1. The lowest BCUT2D eigenvalue weighted by molar-refractivity contribution is 0.0995. The van der Waals surface area contributed by atoms with Gasteiger partial charge in [-0.3, -0.25) is 14.6 Å². The second-order valence-corrected chi connectivity index (χ2v) is 6.27. The number of aromatic amines is 1. The van der Waals surface area contributed by atoms with E-state index in [4.69, 9.17) is 11.1 Å². The smallest absolute Gasteiger partial charge is 0.267 e. The minimum atomic E-state index is -2.54. The van der Waals surface area contributed by atoms with Gasteiger partial charge in [-0.25, -0.2) is 18.7 Å². The minimum absolute atomic E-state index is 0.00872. The first-order chi connectivity index (χ1) is 14.3. The lowest BCUT2D eigenvalue weighted by Gasteiger charge is -2.10. The number of pyridine rings is 1. The predicted molar refractivity (Wildman–Crippen MR) is 104 cm³/mol. The first kappa shape index (κ1) is 20.8. The molecular weight excluding hydrogens is 400 g/mol. The molecule has 0 aliphatic rings. The zero-order chi connectivity index (χ0) is 22.0. The molecule has 3 rings (SSSR count). The molecule has 3 heterocycles. The highest BCUT2D eigenvalue weighted by Gasteiger charge is 2.23. The number of nitrogens with two attached hydrogens (primary N) is 1. The van der Waals surface area contributed by atoms with Crippen molar-refractivity contribution in [3.8, 4) is 28.8 Å². The quantitative estimate of drug-likeness (QED) is 0.344. The van der Waals surface area contributed by atoms with Crippen molar-refractivity contribution in [1.29, 1.82) is 5.41 Å². The number of alkyl halides is 2. The average molecular weight is 419 g/mol. The van der Waals surface area contributed by atoms with Gasteiger partial charge < -0.3 is 21.6 Å². The summed E-state index contributed by atoms with van der Waals surface area (Å²) in [7, 11) is 1.60. The van der Waals surface area contributed by atoms with Crippen LogP contribution in [0.1, 0.15) is 28.2 Å². The van der Waals surface area contributed by atoms with Gasteiger partial charge in [0.1, 0.15) is 22.8 Å². The van der Waals surface area contributed by atoms with Crippen LogP contribution in [0, 0.1) is 12.3 Å². The van der Waals surface area contributed by atoms with Crippen LogP contribution < -0.4 is 11.1 Å². The van der Waals surface area contributed by atoms with E-state index in [0.29, 0.717) is 11.3 Å². The molecular formula is C17H19F2N9O2. The van der Waals surface area contributed by atoms with Gasteiger partial charge in [-0.1, -0.05) is 0 Å². The van der Waals surface area contributed by atoms with Crippen LogP contribution in [0.2, 0.25) is 0 Å². The van der Waals surface area contributed by atoms with Crippen molar-refractivity contribution < 1.29 is 18.7 Å². The number of halogens is 2. The molecule has 3 aromatic rings. The fraction of sp³-hybridized carbons (Fsp3) is 0.294. The second kappa shape index (κ2) is 8.23. The maximum atomic E-state index is 12.6. The number of rotatable bonds is 8. The molecule has 0 radical (unpaired) electrons. The number of nitrogens with zero attached hydrogens (tertiary/aromatic N) is 5. The van der Waals surface area contributed by atoms with Gasteiger partial charge in [-0.2, -0.15) is 10.2 Å². The van der Waals surface area contributed by atoms with Crippen LogP contribution in [0.3, 0.4) is 0 Å². The molecule has 0 spiro atoms. The standard InChI is InChI=1S/C17H19F2N9O2/c1-7-14(29)13(28(27-7)4-3-11(18)19)17-24-16(25-26-17)12-8(6-20)9(22-2)5-10(23-12)15(21)30/h5-6,11,20,29H,3-4H2,1-2H3,(H2,21,30)(H,22,23)(H,24,25,26). The third-order valence-corrected chi connectivity index (χ3v) is 4.30. The Kier molecular flexibility index (Phi) is 5.71. The van der Waals surface area contributed by atoms with Crippen molar-refractivity contribution in [1.82, 2.24) is 29.9 Å². The van der Waals surface area contributed by atoms with Crippen LogP contribution in [-0.2, 0) is 6.54 Å².